The predicted molar refractivity (Wildman–Crippen MR) is 116 cm³/mol. The highest BCUT2D eigenvalue weighted by Gasteiger charge is 2.28. The number of carbonyl (C=O) groups is 1. The molecule has 31 heavy (non-hydrogen) atoms. The third-order valence-corrected chi connectivity index (χ3v) is 7.10. The average molecular weight is 443 g/mol. The van der Waals surface area contributed by atoms with Gasteiger partial charge in [-0.25, -0.2) is 9.37 Å². The molecule has 2 aliphatic rings. The molecule has 4 heterocycles. The molecule has 2 aromatic heterocycles. The van der Waals surface area contributed by atoms with Gasteiger partial charge in [-0.3, -0.25) is 19.1 Å². The first kappa shape index (κ1) is 20.3. The van der Waals surface area contributed by atoms with E-state index in [0.717, 1.165) is 43.3 Å². The quantitative estimate of drug-likeness (QED) is 0.619. The van der Waals surface area contributed by atoms with Gasteiger partial charge in [0.05, 0.1) is 37.0 Å². The molecule has 1 fully saturated rings. The molecule has 0 saturated carbocycles. The summed E-state index contributed by atoms with van der Waals surface area (Å²) in [5, 5.41) is 0.669. The number of amides is 1. The second-order valence-electron chi connectivity index (χ2n) is 7.84. The third kappa shape index (κ3) is 3.88. The highest BCUT2D eigenvalue weighted by atomic mass is 32.1. The fourth-order valence-electron chi connectivity index (χ4n) is 4.23. The van der Waals surface area contributed by atoms with Crippen LogP contribution in [0.25, 0.3) is 10.2 Å². The molecule has 1 aromatic carbocycles. The topological polar surface area (TPSA) is 67.7 Å². The maximum Gasteiger partial charge on any atom is 0.262 e. The minimum atomic E-state index is -0.514. The summed E-state index contributed by atoms with van der Waals surface area (Å²) in [5.41, 5.74) is 1.04. The predicted octanol–water partition coefficient (Wildman–Crippen LogP) is 2.13. The number of carbonyl (C=O) groups excluding carboxylic acids is 1. The lowest BCUT2D eigenvalue weighted by molar-refractivity contribution is 0.0362. The van der Waals surface area contributed by atoms with E-state index < -0.39 is 5.82 Å². The van der Waals surface area contributed by atoms with E-state index in [1.807, 2.05) is 0 Å². The molecule has 7 nitrogen and oxygen atoms in total. The first-order valence-corrected chi connectivity index (χ1v) is 11.3. The van der Waals surface area contributed by atoms with Crippen LogP contribution in [-0.2, 0) is 24.2 Å². The van der Waals surface area contributed by atoms with E-state index in [1.54, 1.807) is 27.9 Å². The van der Waals surface area contributed by atoms with Gasteiger partial charge in [-0.1, -0.05) is 12.1 Å². The van der Waals surface area contributed by atoms with E-state index in [4.69, 9.17) is 4.74 Å². The largest absolute Gasteiger partial charge is 0.379 e. The molecule has 9 heteroatoms. The second-order valence-corrected chi connectivity index (χ2v) is 8.92. The van der Waals surface area contributed by atoms with Gasteiger partial charge in [0.2, 0.25) is 0 Å². The Hall–Kier alpha value is -2.62. The fourth-order valence-corrected chi connectivity index (χ4v) is 5.42. The zero-order valence-electron chi connectivity index (χ0n) is 17.1. The molecule has 1 amide bonds. The van der Waals surface area contributed by atoms with Crippen LogP contribution >= 0.6 is 11.3 Å². The van der Waals surface area contributed by atoms with E-state index in [0.29, 0.717) is 36.3 Å². The minimum absolute atomic E-state index is 0.0235. The maximum absolute atomic E-state index is 14.1. The van der Waals surface area contributed by atoms with Gasteiger partial charge < -0.3 is 9.64 Å². The highest BCUT2D eigenvalue weighted by molar-refractivity contribution is 7.18. The Morgan fingerprint density at radius 1 is 1.16 bits per heavy atom. The number of morpholine rings is 1. The van der Waals surface area contributed by atoms with E-state index in [2.05, 4.69) is 9.88 Å². The van der Waals surface area contributed by atoms with E-state index in [1.165, 1.54) is 23.5 Å². The lowest BCUT2D eigenvalue weighted by Crippen LogP contribution is -2.39. The lowest BCUT2D eigenvalue weighted by atomic mass is 10.0. The summed E-state index contributed by atoms with van der Waals surface area (Å²) in [6.45, 7) is 5.41. The second kappa shape index (κ2) is 8.49. The van der Waals surface area contributed by atoms with Gasteiger partial charge in [-0.15, -0.1) is 11.3 Å². The first-order valence-electron chi connectivity index (χ1n) is 10.5. The van der Waals surface area contributed by atoms with Crippen LogP contribution in [0.4, 0.5) is 4.39 Å². The SMILES string of the molecule is O=C(c1ccccc1F)N1CCc2c(sc3ncn(CCN4CCOCC4)c(=O)c23)C1. The van der Waals surface area contributed by atoms with Gasteiger partial charge in [-0.05, 0) is 24.1 Å². The number of nitrogens with zero attached hydrogens (tertiary/aromatic N) is 4. The van der Waals surface area contributed by atoms with Crippen molar-refractivity contribution in [3.8, 4) is 0 Å². The van der Waals surface area contributed by atoms with Gasteiger partial charge in [-0.2, -0.15) is 0 Å². The number of hydrogen-bond donors (Lipinski definition) is 0. The molecule has 1 saturated heterocycles. The van der Waals surface area contributed by atoms with Crippen molar-refractivity contribution in [2.45, 2.75) is 19.5 Å². The number of hydrogen-bond acceptors (Lipinski definition) is 6. The van der Waals surface area contributed by atoms with Crippen LogP contribution in [0, 0.1) is 5.82 Å². The molecule has 0 unspecified atom stereocenters. The van der Waals surface area contributed by atoms with Crippen molar-refractivity contribution >= 4 is 27.5 Å². The fraction of sp³-hybridized carbons (Fsp3) is 0.409. The molecule has 0 spiro atoms. The normalized spacial score (nSPS) is 17.1. The van der Waals surface area contributed by atoms with Crippen molar-refractivity contribution in [1.82, 2.24) is 19.4 Å². The molecule has 0 radical (unpaired) electrons. The molecule has 0 N–H and O–H groups in total. The van der Waals surface area contributed by atoms with Crippen LogP contribution in [0.3, 0.4) is 0 Å². The van der Waals surface area contributed by atoms with Crippen molar-refractivity contribution in [2.24, 2.45) is 0 Å². The number of aromatic nitrogens is 2. The van der Waals surface area contributed by atoms with Gasteiger partial charge in [0, 0.05) is 37.6 Å². The number of thiophene rings is 1. The molecule has 0 atom stereocenters. The number of halogens is 1. The smallest absolute Gasteiger partial charge is 0.262 e. The maximum atomic E-state index is 14.1. The van der Waals surface area contributed by atoms with E-state index in [-0.39, 0.29) is 17.0 Å². The Labute approximate surface area is 182 Å². The molecule has 3 aromatic rings. The summed E-state index contributed by atoms with van der Waals surface area (Å²) in [4.78, 5) is 36.1. The molecule has 5 rings (SSSR count). The number of ether oxygens (including phenoxy) is 1. The molecular formula is C22H23FN4O3S. The Morgan fingerprint density at radius 2 is 1.97 bits per heavy atom. The molecule has 0 bridgehead atoms. The Morgan fingerprint density at radius 3 is 2.77 bits per heavy atom. The number of benzene rings is 1. The zero-order valence-corrected chi connectivity index (χ0v) is 17.9. The van der Waals surface area contributed by atoms with E-state index in [9.17, 15) is 14.0 Å². The highest BCUT2D eigenvalue weighted by Crippen LogP contribution is 2.32. The van der Waals surface area contributed by atoms with Crippen LogP contribution < -0.4 is 5.56 Å². The Bertz CT molecular complexity index is 1190. The summed E-state index contributed by atoms with van der Waals surface area (Å²) in [6, 6.07) is 6.04. The number of rotatable bonds is 4. The molecular weight excluding hydrogens is 419 g/mol. The average Bonchev–Trinajstić information content (AvgIpc) is 3.18. The summed E-state index contributed by atoms with van der Waals surface area (Å²) < 4.78 is 21.1. The van der Waals surface area contributed by atoms with Crippen LogP contribution in [0.2, 0.25) is 0 Å². The van der Waals surface area contributed by atoms with Crippen LogP contribution in [0.1, 0.15) is 20.8 Å². The monoisotopic (exact) mass is 442 g/mol. The minimum Gasteiger partial charge on any atom is -0.379 e. The number of fused-ring (bicyclic) bond motifs is 3. The molecule has 162 valence electrons. The van der Waals surface area contributed by atoms with Gasteiger partial charge in [0.15, 0.2) is 0 Å². The summed E-state index contributed by atoms with van der Waals surface area (Å²) >= 11 is 1.45. The summed E-state index contributed by atoms with van der Waals surface area (Å²) in [5.74, 6) is -0.837. The summed E-state index contributed by atoms with van der Waals surface area (Å²) in [6.07, 6.45) is 2.19. The van der Waals surface area contributed by atoms with Gasteiger partial charge in [0.25, 0.3) is 11.5 Å². The first-order chi connectivity index (χ1) is 15.1. The van der Waals surface area contributed by atoms with Crippen LogP contribution in [-0.4, -0.2) is 64.7 Å². The Kier molecular flexibility index (Phi) is 5.56. The van der Waals surface area contributed by atoms with Crippen molar-refractivity contribution in [3.05, 3.63) is 62.8 Å². The van der Waals surface area contributed by atoms with Crippen LogP contribution in [0.15, 0.2) is 35.4 Å². The van der Waals surface area contributed by atoms with Crippen molar-refractivity contribution in [2.75, 3.05) is 39.4 Å². The lowest BCUT2D eigenvalue weighted by Gasteiger charge is -2.27. The standard InChI is InChI=1S/C22H23FN4O3S/c23-17-4-2-1-3-15(17)21(28)26-6-5-16-18(13-26)31-20-19(16)22(29)27(14-24-20)8-7-25-9-11-30-12-10-25/h1-4,14H,5-13H2. The molecule has 0 aliphatic carbocycles. The molecule has 2 aliphatic heterocycles. The van der Waals surface area contributed by atoms with Crippen molar-refractivity contribution in [1.29, 1.82) is 0 Å². The van der Waals surface area contributed by atoms with Gasteiger partial charge >= 0.3 is 0 Å². The van der Waals surface area contributed by atoms with Crippen molar-refractivity contribution < 1.29 is 13.9 Å². The Balaban J connectivity index is 1.38. The third-order valence-electron chi connectivity index (χ3n) is 5.98. The van der Waals surface area contributed by atoms with Crippen LogP contribution in [0.5, 0.6) is 0 Å². The summed E-state index contributed by atoms with van der Waals surface area (Å²) in [7, 11) is 0. The van der Waals surface area contributed by atoms with E-state index >= 15 is 0 Å². The zero-order chi connectivity index (χ0) is 21.4. The van der Waals surface area contributed by atoms with Crippen molar-refractivity contribution in [3.63, 3.8) is 0 Å². The van der Waals surface area contributed by atoms with Gasteiger partial charge in [0.1, 0.15) is 10.6 Å².